The summed E-state index contributed by atoms with van der Waals surface area (Å²) in [6, 6.07) is -1.97. The number of carbonyl (C=O) groups excluding carboxylic acids is 1. The maximum absolute atomic E-state index is 12.5. The van der Waals surface area contributed by atoms with E-state index in [9.17, 15) is 15.0 Å². The van der Waals surface area contributed by atoms with Gasteiger partial charge in [-0.2, -0.15) is 0 Å². The van der Waals surface area contributed by atoms with Crippen LogP contribution in [0.2, 0.25) is 0 Å². The van der Waals surface area contributed by atoms with E-state index in [2.05, 4.69) is 15.6 Å². The Morgan fingerprint density at radius 3 is 2.82 bits per heavy atom. The second-order valence-corrected chi connectivity index (χ2v) is 9.04. The predicted octanol–water partition coefficient (Wildman–Crippen LogP) is -3.96. The molecule has 0 aromatic heterocycles. The van der Waals surface area contributed by atoms with E-state index >= 15 is 0 Å². The summed E-state index contributed by atoms with van der Waals surface area (Å²) in [5.74, 6) is -0.0697. The van der Waals surface area contributed by atoms with Crippen LogP contribution >= 0.6 is 0 Å². The number of hydrogen-bond donors (Lipinski definition) is 9. The molecule has 0 aromatic carbocycles. The van der Waals surface area contributed by atoms with E-state index in [-0.39, 0.29) is 31.4 Å². The van der Waals surface area contributed by atoms with Crippen molar-refractivity contribution in [1.29, 1.82) is 0 Å². The fraction of sp³-hybridized carbons (Fsp3) is 0.800. The van der Waals surface area contributed by atoms with E-state index in [1.807, 2.05) is 6.08 Å². The highest BCUT2D eigenvalue weighted by molar-refractivity contribution is 5.90. The van der Waals surface area contributed by atoms with Crippen LogP contribution in [0.15, 0.2) is 16.8 Å². The summed E-state index contributed by atoms with van der Waals surface area (Å²) in [4.78, 5) is 16.3. The zero-order valence-corrected chi connectivity index (χ0v) is 18.6. The van der Waals surface area contributed by atoms with Gasteiger partial charge in [0.1, 0.15) is 11.9 Å². The molecule has 0 saturated heterocycles. The Labute approximate surface area is 192 Å². The van der Waals surface area contributed by atoms with Gasteiger partial charge in [-0.1, -0.05) is 0 Å². The molecule has 0 spiro atoms. The van der Waals surface area contributed by atoms with Crippen molar-refractivity contribution in [2.45, 2.75) is 80.4 Å². The monoisotopic (exact) mass is 471 g/mol. The number of amides is 1. The van der Waals surface area contributed by atoms with E-state index in [0.29, 0.717) is 31.7 Å². The van der Waals surface area contributed by atoms with Gasteiger partial charge in [-0.15, -0.1) is 0 Å². The first kappa shape index (κ1) is 25.6. The Morgan fingerprint density at radius 1 is 1.39 bits per heavy atom. The summed E-state index contributed by atoms with van der Waals surface area (Å²) in [6.07, 6.45) is 1.93. The maximum Gasteiger partial charge on any atom is 0.254 e. The first-order chi connectivity index (χ1) is 15.6. The van der Waals surface area contributed by atoms with E-state index in [0.717, 1.165) is 6.42 Å². The lowest BCUT2D eigenvalue weighted by Gasteiger charge is -2.40. The number of nitrogens with one attached hydrogen (secondary N) is 2. The number of carbonyl (C=O) groups is 1. The van der Waals surface area contributed by atoms with Crippen LogP contribution in [0.5, 0.6) is 0 Å². The normalized spacial score (nSPS) is 36.8. The number of aliphatic hydroxyl groups is 3. The molecule has 0 radical (unpaired) electrons. The Balaban J connectivity index is 1.45. The van der Waals surface area contributed by atoms with Crippen molar-refractivity contribution >= 4 is 11.9 Å². The second kappa shape index (κ2) is 11.0. The molecule has 2 aliphatic carbocycles. The van der Waals surface area contributed by atoms with E-state index in [1.54, 1.807) is 0 Å². The summed E-state index contributed by atoms with van der Waals surface area (Å²) in [5.41, 5.74) is 20.9. The summed E-state index contributed by atoms with van der Waals surface area (Å²) in [6.45, 7) is 0.794. The molecule has 2 fully saturated rings. The van der Waals surface area contributed by atoms with Gasteiger partial charge in [0.15, 0.2) is 17.9 Å². The average Bonchev–Trinajstić information content (AvgIpc) is 3.40. The lowest BCUT2D eigenvalue weighted by molar-refractivity contribution is -0.196. The molecular formula is C20H37N7O6. The van der Waals surface area contributed by atoms with Crippen LogP contribution in [-0.4, -0.2) is 95.1 Å². The van der Waals surface area contributed by atoms with Gasteiger partial charge in [0.2, 0.25) is 0 Å². The summed E-state index contributed by atoms with van der Waals surface area (Å²) < 4.78 is 11.9. The van der Waals surface area contributed by atoms with Crippen molar-refractivity contribution in [3.63, 3.8) is 0 Å². The van der Waals surface area contributed by atoms with E-state index in [1.165, 1.54) is 0 Å². The molecule has 0 bridgehead atoms. The fourth-order valence-electron chi connectivity index (χ4n) is 4.19. The van der Waals surface area contributed by atoms with Crippen molar-refractivity contribution in [1.82, 2.24) is 10.6 Å². The largest absolute Gasteiger partial charge is 0.468 e. The molecule has 6 unspecified atom stereocenters. The first-order valence-corrected chi connectivity index (χ1v) is 11.3. The smallest absolute Gasteiger partial charge is 0.254 e. The highest BCUT2D eigenvalue weighted by atomic mass is 16.7. The Hall–Kier alpha value is -2.00. The van der Waals surface area contributed by atoms with Crippen molar-refractivity contribution in [2.24, 2.45) is 27.9 Å². The minimum atomic E-state index is -1.64. The van der Waals surface area contributed by atoms with Crippen LogP contribution in [-0.2, 0) is 14.3 Å². The third-order valence-electron chi connectivity index (χ3n) is 6.12. The maximum atomic E-state index is 12.5. The molecule has 13 heteroatoms. The molecule has 33 heavy (non-hydrogen) atoms. The van der Waals surface area contributed by atoms with Gasteiger partial charge < -0.3 is 58.4 Å². The minimum absolute atomic E-state index is 0.103. The van der Waals surface area contributed by atoms with Gasteiger partial charge >= 0.3 is 0 Å². The van der Waals surface area contributed by atoms with E-state index < -0.39 is 48.1 Å². The van der Waals surface area contributed by atoms with Crippen LogP contribution in [0.4, 0.5) is 0 Å². The molecule has 1 aliphatic heterocycles. The zero-order chi connectivity index (χ0) is 24.2. The molecule has 188 valence electrons. The molecule has 1 amide bonds. The molecule has 0 aromatic rings. The molecule has 1 heterocycles. The number of nitrogens with zero attached hydrogens (tertiary/aromatic N) is 1. The lowest BCUT2D eigenvalue weighted by Crippen LogP contribution is -2.58. The second-order valence-electron chi connectivity index (χ2n) is 9.04. The van der Waals surface area contributed by atoms with Crippen LogP contribution in [0.25, 0.3) is 0 Å². The minimum Gasteiger partial charge on any atom is -0.468 e. The topological polar surface area (TPSA) is 237 Å². The molecule has 2 saturated carbocycles. The summed E-state index contributed by atoms with van der Waals surface area (Å²) >= 11 is 0. The number of allylic oxidation sites excluding steroid dienone is 1. The number of nitrogens with two attached hydrogens (primary N) is 4. The highest BCUT2D eigenvalue weighted by Gasteiger charge is 2.60. The van der Waals surface area contributed by atoms with Gasteiger partial charge in [-0.3, -0.25) is 4.79 Å². The van der Waals surface area contributed by atoms with Crippen LogP contribution < -0.4 is 33.6 Å². The predicted molar refractivity (Wildman–Crippen MR) is 119 cm³/mol. The highest BCUT2D eigenvalue weighted by Crippen LogP contribution is 2.39. The van der Waals surface area contributed by atoms with Gasteiger partial charge in [-0.05, 0) is 25.3 Å². The molecular weight excluding hydrogens is 434 g/mol. The first-order valence-electron chi connectivity index (χ1n) is 11.3. The van der Waals surface area contributed by atoms with Crippen LogP contribution in [0.1, 0.15) is 32.1 Å². The summed E-state index contributed by atoms with van der Waals surface area (Å²) in [7, 11) is 0. The summed E-state index contributed by atoms with van der Waals surface area (Å²) in [5, 5.41) is 35.9. The fourth-order valence-corrected chi connectivity index (χ4v) is 4.19. The van der Waals surface area contributed by atoms with Crippen LogP contribution in [0.3, 0.4) is 0 Å². The Morgan fingerprint density at radius 2 is 2.15 bits per heavy atom. The number of guanidine groups is 1. The number of aliphatic imine (C=N–C) groups is 1. The molecule has 13 N–H and O–H groups in total. The standard InChI is InChI=1S/C20H37N7O6/c21-10(9-28)7-25-8-12-2-1-3-16(32-12)33-17-13(22)4-11(5-14(17)29)26-18(30)20(31)6-15(20)27-19(23)24/h2,10-11,13-17,25,28-29,31H,1,3-9,21-22H2,(H,26,30)(H4,23,24,27)/t10?,11?,13?,14?,15?,16-,17-,20?/m1/s1. The van der Waals surface area contributed by atoms with Gasteiger partial charge in [-0.25, -0.2) is 4.99 Å². The molecule has 13 nitrogen and oxygen atoms in total. The van der Waals surface area contributed by atoms with Crippen molar-refractivity contribution in [3.05, 3.63) is 11.8 Å². The third-order valence-corrected chi connectivity index (χ3v) is 6.12. The Bertz CT molecular complexity index is 736. The molecule has 3 rings (SSSR count). The van der Waals surface area contributed by atoms with E-state index in [4.69, 9.17) is 37.5 Å². The number of aliphatic hydroxyl groups excluding tert-OH is 2. The quantitative estimate of drug-likeness (QED) is 0.110. The zero-order valence-electron chi connectivity index (χ0n) is 18.6. The van der Waals surface area contributed by atoms with Gasteiger partial charge in [0.05, 0.1) is 25.3 Å². The van der Waals surface area contributed by atoms with Gasteiger partial charge in [0.25, 0.3) is 5.91 Å². The molecule has 3 aliphatic rings. The molecule has 8 atom stereocenters. The average molecular weight is 472 g/mol. The SMILES string of the molecule is NC(N)=NC1CC1(O)C(=O)NC1CC(N)[C@@H](O[C@@H]2CCC=C(CNCC(N)CO)O2)C(O)C1. The van der Waals surface area contributed by atoms with Crippen molar-refractivity contribution in [2.75, 3.05) is 19.7 Å². The number of hydrogen-bond acceptors (Lipinski definition) is 10. The Kier molecular flexibility index (Phi) is 8.50. The number of rotatable bonds is 10. The third kappa shape index (κ3) is 6.76. The van der Waals surface area contributed by atoms with Crippen LogP contribution in [0, 0.1) is 0 Å². The van der Waals surface area contributed by atoms with Crippen molar-refractivity contribution < 1.29 is 29.6 Å². The number of ether oxygens (including phenoxy) is 2. The van der Waals surface area contributed by atoms with Crippen molar-refractivity contribution in [3.8, 4) is 0 Å². The lowest BCUT2D eigenvalue weighted by atomic mass is 9.86. The van der Waals surface area contributed by atoms with Gasteiger partial charge in [0, 0.05) is 37.5 Å².